The van der Waals surface area contributed by atoms with Crippen LogP contribution < -0.4 is 20.9 Å². The number of rotatable bonds is 6. The van der Waals surface area contributed by atoms with Crippen molar-refractivity contribution in [3.63, 3.8) is 0 Å². The van der Waals surface area contributed by atoms with Gasteiger partial charge in [-0.05, 0) is 66.4 Å². The minimum atomic E-state index is -0.794. The number of benzene rings is 3. The molecule has 0 heterocycles. The maximum absolute atomic E-state index is 12.5. The third-order valence-electron chi connectivity index (χ3n) is 5.14. The van der Waals surface area contributed by atoms with E-state index in [1.165, 1.54) is 0 Å². The molecule has 176 valence electrons. The summed E-state index contributed by atoms with van der Waals surface area (Å²) in [5.41, 5.74) is 7.29. The van der Waals surface area contributed by atoms with Gasteiger partial charge < -0.3 is 10.1 Å². The van der Waals surface area contributed by atoms with Crippen molar-refractivity contribution in [3.05, 3.63) is 95.6 Å². The molecule has 3 rings (SSSR count). The van der Waals surface area contributed by atoms with Gasteiger partial charge in [-0.1, -0.05) is 51.1 Å². The molecular formula is C27H29N3O4. The molecule has 0 radical (unpaired) electrons. The first-order valence-electron chi connectivity index (χ1n) is 11.0. The van der Waals surface area contributed by atoms with Crippen molar-refractivity contribution < 1.29 is 19.1 Å². The largest absolute Gasteiger partial charge is 0.481 e. The van der Waals surface area contributed by atoms with E-state index in [9.17, 15) is 14.4 Å². The summed E-state index contributed by atoms with van der Waals surface area (Å²) in [6, 6.07) is 22.8. The zero-order valence-corrected chi connectivity index (χ0v) is 19.7. The van der Waals surface area contributed by atoms with Crippen molar-refractivity contribution in [2.75, 3.05) is 5.32 Å². The van der Waals surface area contributed by atoms with Crippen molar-refractivity contribution in [2.45, 2.75) is 39.2 Å². The maximum Gasteiger partial charge on any atom is 0.279 e. The Morgan fingerprint density at radius 2 is 1.29 bits per heavy atom. The molecule has 0 fully saturated rings. The second-order valence-electron chi connectivity index (χ2n) is 8.88. The van der Waals surface area contributed by atoms with Gasteiger partial charge in [0.15, 0.2) is 6.10 Å². The molecule has 0 aliphatic heterocycles. The number of ether oxygens (including phenoxy) is 1. The van der Waals surface area contributed by atoms with Crippen LogP contribution in [0.5, 0.6) is 5.75 Å². The zero-order valence-electron chi connectivity index (χ0n) is 19.7. The Kier molecular flexibility index (Phi) is 7.68. The van der Waals surface area contributed by atoms with Crippen LogP contribution in [0.25, 0.3) is 0 Å². The van der Waals surface area contributed by atoms with E-state index < -0.39 is 17.9 Å². The Hall–Kier alpha value is -4.13. The molecule has 0 bridgehead atoms. The van der Waals surface area contributed by atoms with Gasteiger partial charge in [-0.3, -0.25) is 25.2 Å². The predicted octanol–water partition coefficient (Wildman–Crippen LogP) is 4.46. The highest BCUT2D eigenvalue weighted by molar-refractivity contribution is 6.04. The first-order valence-corrected chi connectivity index (χ1v) is 11.0. The minimum absolute atomic E-state index is 0.0117. The summed E-state index contributed by atoms with van der Waals surface area (Å²) in [6.07, 6.45) is -0.794. The second kappa shape index (κ2) is 10.7. The molecule has 0 spiro atoms. The number of carbonyl (C=O) groups is 3. The van der Waals surface area contributed by atoms with Crippen LogP contribution in [0, 0.1) is 0 Å². The van der Waals surface area contributed by atoms with Crippen LogP contribution in [0.2, 0.25) is 0 Å². The van der Waals surface area contributed by atoms with Gasteiger partial charge in [-0.25, -0.2) is 0 Å². The summed E-state index contributed by atoms with van der Waals surface area (Å²) >= 11 is 0. The number of para-hydroxylation sites is 1. The van der Waals surface area contributed by atoms with Crippen LogP contribution in [-0.4, -0.2) is 23.8 Å². The van der Waals surface area contributed by atoms with Crippen LogP contribution in [0.3, 0.4) is 0 Å². The normalized spacial score (nSPS) is 11.8. The number of hydrogen-bond acceptors (Lipinski definition) is 4. The van der Waals surface area contributed by atoms with Crippen molar-refractivity contribution in [2.24, 2.45) is 0 Å². The summed E-state index contributed by atoms with van der Waals surface area (Å²) < 4.78 is 5.52. The van der Waals surface area contributed by atoms with Gasteiger partial charge in [0, 0.05) is 16.8 Å². The molecular weight excluding hydrogens is 430 g/mol. The minimum Gasteiger partial charge on any atom is -0.481 e. The molecule has 0 saturated heterocycles. The summed E-state index contributed by atoms with van der Waals surface area (Å²) in [5.74, 6) is -0.661. The third kappa shape index (κ3) is 6.68. The summed E-state index contributed by atoms with van der Waals surface area (Å²) in [5, 5.41) is 2.81. The first kappa shape index (κ1) is 24.5. The Morgan fingerprint density at radius 1 is 0.735 bits per heavy atom. The van der Waals surface area contributed by atoms with Crippen molar-refractivity contribution in [1.82, 2.24) is 10.9 Å². The smallest absolute Gasteiger partial charge is 0.279 e. The topological polar surface area (TPSA) is 96.5 Å². The molecule has 0 aromatic heterocycles. The Labute approximate surface area is 199 Å². The van der Waals surface area contributed by atoms with Gasteiger partial charge in [-0.15, -0.1) is 0 Å². The molecule has 34 heavy (non-hydrogen) atoms. The monoisotopic (exact) mass is 459 g/mol. The lowest BCUT2D eigenvalue weighted by Crippen LogP contribution is -2.47. The van der Waals surface area contributed by atoms with E-state index in [0.717, 1.165) is 5.56 Å². The molecule has 3 aromatic carbocycles. The lowest BCUT2D eigenvalue weighted by atomic mass is 9.87. The molecule has 0 aliphatic carbocycles. The molecule has 7 heteroatoms. The summed E-state index contributed by atoms with van der Waals surface area (Å²) in [7, 11) is 0. The fourth-order valence-corrected chi connectivity index (χ4v) is 3.08. The summed E-state index contributed by atoms with van der Waals surface area (Å²) in [4.78, 5) is 37.0. The SMILES string of the molecule is CC(Oc1ccccc1)C(=O)NNC(=O)c1ccc(NC(=O)c2ccc(C(C)(C)C)cc2)cc1. The molecule has 3 N–H and O–H groups in total. The lowest BCUT2D eigenvalue weighted by Gasteiger charge is -2.19. The Bertz CT molecular complexity index is 1140. The van der Waals surface area contributed by atoms with Crippen LogP contribution in [0.15, 0.2) is 78.9 Å². The molecule has 3 amide bonds. The third-order valence-corrected chi connectivity index (χ3v) is 5.14. The van der Waals surface area contributed by atoms with Gasteiger partial charge >= 0.3 is 0 Å². The molecule has 0 saturated carbocycles. The number of amides is 3. The molecule has 1 unspecified atom stereocenters. The van der Waals surface area contributed by atoms with Crippen molar-refractivity contribution in [1.29, 1.82) is 0 Å². The van der Waals surface area contributed by atoms with E-state index in [4.69, 9.17) is 4.74 Å². The zero-order chi connectivity index (χ0) is 24.7. The van der Waals surface area contributed by atoms with E-state index in [-0.39, 0.29) is 11.3 Å². The van der Waals surface area contributed by atoms with Crippen molar-refractivity contribution >= 4 is 23.4 Å². The Morgan fingerprint density at radius 3 is 1.88 bits per heavy atom. The van der Waals surface area contributed by atoms with Gasteiger partial charge in [0.05, 0.1) is 0 Å². The highest BCUT2D eigenvalue weighted by Gasteiger charge is 2.17. The fourth-order valence-electron chi connectivity index (χ4n) is 3.08. The van der Waals surface area contributed by atoms with E-state index >= 15 is 0 Å². The van der Waals surface area contributed by atoms with E-state index in [2.05, 4.69) is 36.9 Å². The number of hydrogen-bond donors (Lipinski definition) is 3. The van der Waals surface area contributed by atoms with Gasteiger partial charge in [0.1, 0.15) is 5.75 Å². The van der Waals surface area contributed by atoms with Crippen LogP contribution in [-0.2, 0) is 10.2 Å². The van der Waals surface area contributed by atoms with Crippen LogP contribution in [0.4, 0.5) is 5.69 Å². The van der Waals surface area contributed by atoms with Gasteiger partial charge in [-0.2, -0.15) is 0 Å². The number of carbonyl (C=O) groups excluding carboxylic acids is 3. The first-order chi connectivity index (χ1) is 16.1. The Balaban J connectivity index is 1.51. The van der Waals surface area contributed by atoms with Gasteiger partial charge in [0.25, 0.3) is 17.7 Å². The average molecular weight is 460 g/mol. The van der Waals surface area contributed by atoms with E-state index in [0.29, 0.717) is 22.6 Å². The van der Waals surface area contributed by atoms with Gasteiger partial charge in [0.2, 0.25) is 0 Å². The number of anilines is 1. The highest BCUT2D eigenvalue weighted by atomic mass is 16.5. The standard InChI is InChI=1S/C27H29N3O4/c1-18(34-23-8-6-5-7-9-23)24(31)29-30-26(33)20-12-16-22(17-13-20)28-25(32)19-10-14-21(15-11-19)27(2,3)4/h5-18H,1-4H3,(H,28,32)(H,29,31)(H,30,33). The van der Waals surface area contributed by atoms with E-state index in [1.54, 1.807) is 67.6 Å². The number of hydrazine groups is 1. The van der Waals surface area contributed by atoms with E-state index in [1.807, 2.05) is 18.2 Å². The summed E-state index contributed by atoms with van der Waals surface area (Å²) in [6.45, 7) is 7.93. The molecule has 1 atom stereocenters. The number of nitrogens with one attached hydrogen (secondary N) is 3. The molecule has 3 aromatic rings. The fraction of sp³-hybridized carbons (Fsp3) is 0.222. The molecule has 7 nitrogen and oxygen atoms in total. The van der Waals surface area contributed by atoms with Crippen LogP contribution in [0.1, 0.15) is 54.0 Å². The predicted molar refractivity (Wildman–Crippen MR) is 132 cm³/mol. The molecule has 0 aliphatic rings. The highest BCUT2D eigenvalue weighted by Crippen LogP contribution is 2.22. The maximum atomic E-state index is 12.5. The van der Waals surface area contributed by atoms with Crippen molar-refractivity contribution in [3.8, 4) is 5.75 Å². The average Bonchev–Trinajstić information content (AvgIpc) is 2.83. The second-order valence-corrected chi connectivity index (χ2v) is 8.88. The lowest BCUT2D eigenvalue weighted by molar-refractivity contribution is -0.128. The quantitative estimate of drug-likeness (QED) is 0.474. The van der Waals surface area contributed by atoms with Crippen LogP contribution >= 0.6 is 0 Å².